The summed E-state index contributed by atoms with van der Waals surface area (Å²) in [5.41, 5.74) is 0. The summed E-state index contributed by atoms with van der Waals surface area (Å²) in [4.78, 5) is 2.47. The van der Waals surface area contributed by atoms with Crippen LogP contribution in [-0.2, 0) is 9.84 Å². The number of likely N-dealkylation sites (tertiary alicyclic amines) is 1. The van der Waals surface area contributed by atoms with Gasteiger partial charge in [0.1, 0.15) is 9.84 Å². The molecule has 19 heavy (non-hydrogen) atoms. The van der Waals surface area contributed by atoms with Crippen LogP contribution in [0.3, 0.4) is 0 Å². The van der Waals surface area contributed by atoms with E-state index in [1.807, 2.05) is 23.1 Å². The van der Waals surface area contributed by atoms with Gasteiger partial charge in [0.2, 0.25) is 0 Å². The molecule has 1 aromatic heterocycles. The summed E-state index contributed by atoms with van der Waals surface area (Å²) >= 11 is 0. The predicted octanol–water partition coefficient (Wildman–Crippen LogP) is 0.955. The zero-order valence-corrected chi connectivity index (χ0v) is 11.9. The maximum absolute atomic E-state index is 11.4. The lowest BCUT2D eigenvalue weighted by Crippen LogP contribution is -2.33. The SMILES string of the molecule is O=S1(=O)CCC(CN2CCC(n3cccn3)C2)CC1. The topological polar surface area (TPSA) is 55.2 Å². The van der Waals surface area contributed by atoms with Crippen LogP contribution in [0.15, 0.2) is 18.5 Å². The highest BCUT2D eigenvalue weighted by atomic mass is 32.2. The van der Waals surface area contributed by atoms with Gasteiger partial charge in [-0.2, -0.15) is 5.10 Å². The molecule has 0 amide bonds. The Labute approximate surface area is 114 Å². The lowest BCUT2D eigenvalue weighted by atomic mass is 10.0. The number of aromatic nitrogens is 2. The van der Waals surface area contributed by atoms with Gasteiger partial charge in [0.25, 0.3) is 0 Å². The zero-order chi connectivity index (χ0) is 13.3. The van der Waals surface area contributed by atoms with Crippen LogP contribution < -0.4 is 0 Å². The molecule has 0 N–H and O–H groups in total. The molecule has 106 valence electrons. The quantitative estimate of drug-likeness (QED) is 0.829. The minimum Gasteiger partial charge on any atom is -0.301 e. The monoisotopic (exact) mass is 283 g/mol. The Balaban J connectivity index is 1.50. The maximum Gasteiger partial charge on any atom is 0.150 e. The van der Waals surface area contributed by atoms with Crippen molar-refractivity contribution in [3.63, 3.8) is 0 Å². The van der Waals surface area contributed by atoms with E-state index in [-0.39, 0.29) is 0 Å². The molecule has 0 spiro atoms. The Bertz CT molecular complexity index is 498. The van der Waals surface area contributed by atoms with Gasteiger partial charge < -0.3 is 4.90 Å². The molecule has 2 aliphatic heterocycles. The lowest BCUT2D eigenvalue weighted by Gasteiger charge is -2.26. The van der Waals surface area contributed by atoms with Crippen LogP contribution in [0.5, 0.6) is 0 Å². The Hall–Kier alpha value is -0.880. The van der Waals surface area contributed by atoms with Crippen molar-refractivity contribution in [2.75, 3.05) is 31.1 Å². The summed E-state index contributed by atoms with van der Waals surface area (Å²) in [5.74, 6) is 1.32. The fourth-order valence-electron chi connectivity index (χ4n) is 3.18. The largest absolute Gasteiger partial charge is 0.301 e. The Kier molecular flexibility index (Phi) is 3.62. The van der Waals surface area contributed by atoms with Crippen molar-refractivity contribution in [3.05, 3.63) is 18.5 Å². The normalized spacial score (nSPS) is 28.7. The van der Waals surface area contributed by atoms with E-state index >= 15 is 0 Å². The van der Waals surface area contributed by atoms with Crippen LogP contribution in [0.2, 0.25) is 0 Å². The van der Waals surface area contributed by atoms with E-state index in [2.05, 4.69) is 10.00 Å². The highest BCUT2D eigenvalue weighted by Gasteiger charge is 2.29. The Morgan fingerprint density at radius 2 is 2.00 bits per heavy atom. The van der Waals surface area contributed by atoms with Gasteiger partial charge in [0.05, 0.1) is 17.5 Å². The molecule has 2 fully saturated rings. The molecule has 0 bridgehead atoms. The molecule has 6 heteroatoms. The summed E-state index contributed by atoms with van der Waals surface area (Å²) in [6.45, 7) is 3.20. The number of hydrogen-bond donors (Lipinski definition) is 0. The lowest BCUT2D eigenvalue weighted by molar-refractivity contribution is 0.255. The van der Waals surface area contributed by atoms with Gasteiger partial charge in [-0.3, -0.25) is 4.68 Å². The second-order valence-electron chi connectivity index (χ2n) is 5.78. The molecule has 2 aliphatic rings. The smallest absolute Gasteiger partial charge is 0.150 e. The fourth-order valence-corrected chi connectivity index (χ4v) is 4.77. The van der Waals surface area contributed by atoms with Gasteiger partial charge in [-0.1, -0.05) is 0 Å². The molecule has 3 heterocycles. The number of nitrogens with zero attached hydrogens (tertiary/aromatic N) is 3. The van der Waals surface area contributed by atoms with Gasteiger partial charge in [-0.05, 0) is 31.2 Å². The average molecular weight is 283 g/mol. The van der Waals surface area contributed by atoms with Gasteiger partial charge in [-0.15, -0.1) is 0 Å². The van der Waals surface area contributed by atoms with Crippen molar-refractivity contribution in [2.45, 2.75) is 25.3 Å². The first kappa shape index (κ1) is 13.1. The van der Waals surface area contributed by atoms with Crippen molar-refractivity contribution >= 4 is 9.84 Å². The van der Waals surface area contributed by atoms with Crippen molar-refractivity contribution in [1.29, 1.82) is 0 Å². The van der Waals surface area contributed by atoms with Crippen LogP contribution in [0.4, 0.5) is 0 Å². The van der Waals surface area contributed by atoms with Crippen LogP contribution in [0, 0.1) is 5.92 Å². The third-order valence-corrected chi connectivity index (χ3v) is 6.05. The van der Waals surface area contributed by atoms with Crippen molar-refractivity contribution < 1.29 is 8.42 Å². The summed E-state index contributed by atoms with van der Waals surface area (Å²) in [6.07, 6.45) is 6.68. The van der Waals surface area contributed by atoms with Crippen LogP contribution >= 0.6 is 0 Å². The van der Waals surface area contributed by atoms with E-state index in [1.165, 1.54) is 0 Å². The zero-order valence-electron chi connectivity index (χ0n) is 11.1. The molecule has 0 saturated carbocycles. The molecule has 0 aliphatic carbocycles. The Morgan fingerprint density at radius 1 is 1.21 bits per heavy atom. The third kappa shape index (κ3) is 3.17. The molecule has 5 nitrogen and oxygen atoms in total. The van der Waals surface area contributed by atoms with Gasteiger partial charge in [-0.25, -0.2) is 8.42 Å². The first-order chi connectivity index (χ1) is 9.12. The second-order valence-corrected chi connectivity index (χ2v) is 8.09. The molecule has 1 aromatic rings. The summed E-state index contributed by atoms with van der Waals surface area (Å²) in [7, 11) is -2.73. The minimum absolute atomic E-state index is 0.383. The van der Waals surface area contributed by atoms with E-state index in [0.29, 0.717) is 23.5 Å². The number of hydrogen-bond acceptors (Lipinski definition) is 4. The van der Waals surface area contributed by atoms with Crippen molar-refractivity contribution in [1.82, 2.24) is 14.7 Å². The van der Waals surface area contributed by atoms with Crippen molar-refractivity contribution in [3.8, 4) is 0 Å². The number of rotatable bonds is 3. The highest BCUT2D eigenvalue weighted by molar-refractivity contribution is 7.91. The molecule has 0 aromatic carbocycles. The molecular formula is C13H21N3O2S. The van der Waals surface area contributed by atoms with Crippen LogP contribution in [0.1, 0.15) is 25.3 Å². The van der Waals surface area contributed by atoms with Gasteiger partial charge in [0.15, 0.2) is 0 Å². The van der Waals surface area contributed by atoms with Crippen LogP contribution in [0.25, 0.3) is 0 Å². The summed E-state index contributed by atoms with van der Waals surface area (Å²) in [5, 5.41) is 4.31. The first-order valence-corrected chi connectivity index (χ1v) is 8.86. The van der Waals surface area contributed by atoms with Crippen LogP contribution in [-0.4, -0.2) is 54.2 Å². The van der Waals surface area contributed by atoms with E-state index in [4.69, 9.17) is 0 Å². The van der Waals surface area contributed by atoms with E-state index in [1.54, 1.807) is 0 Å². The van der Waals surface area contributed by atoms with Crippen molar-refractivity contribution in [2.24, 2.45) is 5.92 Å². The third-order valence-electron chi connectivity index (χ3n) is 4.34. The fraction of sp³-hybridized carbons (Fsp3) is 0.769. The van der Waals surface area contributed by atoms with Gasteiger partial charge in [0, 0.05) is 32.0 Å². The Morgan fingerprint density at radius 3 is 2.68 bits per heavy atom. The maximum atomic E-state index is 11.4. The molecular weight excluding hydrogens is 262 g/mol. The van der Waals surface area contributed by atoms with E-state index in [9.17, 15) is 8.42 Å². The van der Waals surface area contributed by atoms with E-state index in [0.717, 1.165) is 38.9 Å². The van der Waals surface area contributed by atoms with Gasteiger partial charge >= 0.3 is 0 Å². The minimum atomic E-state index is -2.73. The highest BCUT2D eigenvalue weighted by Crippen LogP contribution is 2.25. The molecule has 3 rings (SSSR count). The summed E-state index contributed by atoms with van der Waals surface area (Å²) < 4.78 is 24.9. The molecule has 0 radical (unpaired) electrons. The molecule has 1 unspecified atom stereocenters. The van der Waals surface area contributed by atoms with E-state index < -0.39 is 9.84 Å². The standard InChI is InChI=1S/C13H21N3O2S/c17-19(18)8-3-12(4-9-19)10-15-7-2-13(11-15)16-6-1-5-14-16/h1,5-6,12-13H,2-4,7-11H2. The molecule has 1 atom stereocenters. The number of sulfone groups is 1. The first-order valence-electron chi connectivity index (χ1n) is 7.04. The predicted molar refractivity (Wildman–Crippen MR) is 73.7 cm³/mol. The average Bonchev–Trinajstić information content (AvgIpc) is 3.02. The molecule has 2 saturated heterocycles. The summed E-state index contributed by atoms with van der Waals surface area (Å²) in [6, 6.07) is 2.46. The second kappa shape index (κ2) is 5.25.